The molecule has 1 aliphatic rings. The highest BCUT2D eigenvalue weighted by Crippen LogP contribution is 2.21. The van der Waals surface area contributed by atoms with Gasteiger partial charge >= 0.3 is 0 Å². The molecule has 2 atom stereocenters. The minimum Gasteiger partial charge on any atom is -0.337 e. The first kappa shape index (κ1) is 15.4. The van der Waals surface area contributed by atoms with Crippen LogP contribution in [-0.4, -0.2) is 40.5 Å². The van der Waals surface area contributed by atoms with Crippen LogP contribution >= 0.6 is 0 Å². The first-order valence-electron chi connectivity index (χ1n) is 7.23. The average molecular weight is 286 g/mol. The van der Waals surface area contributed by atoms with Crippen LogP contribution in [-0.2, 0) is 6.54 Å². The molecule has 2 rings (SSSR count). The van der Waals surface area contributed by atoms with E-state index in [1.165, 1.54) is 0 Å². The maximum Gasteiger partial charge on any atom is 0.251 e. The molecule has 1 fully saturated rings. The van der Waals surface area contributed by atoms with Gasteiger partial charge in [-0.1, -0.05) is 13.8 Å². The lowest BCUT2D eigenvalue weighted by atomic mass is 10.0. The van der Waals surface area contributed by atoms with E-state index in [0.717, 1.165) is 31.7 Å². The van der Waals surface area contributed by atoms with Crippen LogP contribution in [0.3, 0.4) is 0 Å². The van der Waals surface area contributed by atoms with Crippen molar-refractivity contribution in [2.75, 3.05) is 19.6 Å². The Bertz CT molecular complexity index is 419. The zero-order valence-electron chi connectivity index (χ0n) is 12.2. The van der Waals surface area contributed by atoms with E-state index in [0.29, 0.717) is 11.8 Å². The molecule has 4 nitrogen and oxygen atoms in total. The van der Waals surface area contributed by atoms with Gasteiger partial charge < -0.3 is 10.3 Å². The molecule has 20 heavy (non-hydrogen) atoms. The SMILES string of the molecule is CC(C)[C@H](N)c1cn(CC2CCN(CC(F)F)C2)cn1. The van der Waals surface area contributed by atoms with Crippen molar-refractivity contribution in [3.63, 3.8) is 0 Å². The number of nitrogens with zero attached hydrogens (tertiary/aromatic N) is 3. The molecule has 1 unspecified atom stereocenters. The highest BCUT2D eigenvalue weighted by atomic mass is 19.3. The van der Waals surface area contributed by atoms with Gasteiger partial charge in [-0.15, -0.1) is 0 Å². The van der Waals surface area contributed by atoms with Gasteiger partial charge in [-0.05, 0) is 24.8 Å². The van der Waals surface area contributed by atoms with Crippen molar-refractivity contribution >= 4 is 0 Å². The number of hydrogen-bond acceptors (Lipinski definition) is 3. The number of imidazole rings is 1. The van der Waals surface area contributed by atoms with Crippen molar-refractivity contribution in [3.05, 3.63) is 18.2 Å². The standard InChI is InChI=1S/C14H24F2N4/c1-10(2)14(17)12-7-20(9-18-12)6-11-3-4-19(5-11)8-13(15)16/h7,9-11,13-14H,3-6,8,17H2,1-2H3/t11?,14-/m0/s1. The molecule has 0 spiro atoms. The van der Waals surface area contributed by atoms with Crippen LogP contribution in [0, 0.1) is 11.8 Å². The Morgan fingerprint density at radius 1 is 1.45 bits per heavy atom. The Kier molecular flexibility index (Phi) is 5.10. The lowest BCUT2D eigenvalue weighted by Gasteiger charge is -2.15. The van der Waals surface area contributed by atoms with Crippen molar-refractivity contribution in [1.82, 2.24) is 14.5 Å². The van der Waals surface area contributed by atoms with Gasteiger partial charge in [0.05, 0.1) is 24.6 Å². The molecule has 1 aromatic rings. The van der Waals surface area contributed by atoms with Crippen molar-refractivity contribution in [2.24, 2.45) is 17.6 Å². The van der Waals surface area contributed by atoms with Gasteiger partial charge in [-0.2, -0.15) is 0 Å². The summed E-state index contributed by atoms with van der Waals surface area (Å²) in [5.74, 6) is 0.775. The van der Waals surface area contributed by atoms with E-state index in [-0.39, 0.29) is 12.6 Å². The summed E-state index contributed by atoms with van der Waals surface area (Å²) in [5, 5.41) is 0. The third-order valence-corrected chi connectivity index (χ3v) is 3.95. The molecular formula is C14H24F2N4. The summed E-state index contributed by atoms with van der Waals surface area (Å²) < 4.78 is 26.7. The van der Waals surface area contributed by atoms with Gasteiger partial charge in [0.15, 0.2) is 0 Å². The van der Waals surface area contributed by atoms with E-state index in [4.69, 9.17) is 5.73 Å². The van der Waals surface area contributed by atoms with Gasteiger partial charge in [-0.25, -0.2) is 13.8 Å². The minimum absolute atomic E-state index is 0.0461. The second-order valence-corrected chi connectivity index (χ2v) is 6.07. The lowest BCUT2D eigenvalue weighted by Crippen LogP contribution is -2.27. The Labute approximate surface area is 119 Å². The number of alkyl halides is 2. The van der Waals surface area contributed by atoms with E-state index in [2.05, 4.69) is 18.8 Å². The van der Waals surface area contributed by atoms with E-state index in [1.54, 1.807) is 6.33 Å². The predicted octanol–water partition coefficient (Wildman–Crippen LogP) is 2.13. The quantitative estimate of drug-likeness (QED) is 0.871. The molecule has 114 valence electrons. The van der Waals surface area contributed by atoms with Crippen LogP contribution in [0.15, 0.2) is 12.5 Å². The number of halogens is 2. The Morgan fingerprint density at radius 2 is 2.20 bits per heavy atom. The van der Waals surface area contributed by atoms with Crippen LogP contribution in [0.5, 0.6) is 0 Å². The smallest absolute Gasteiger partial charge is 0.251 e. The highest BCUT2D eigenvalue weighted by molar-refractivity contribution is 5.04. The van der Waals surface area contributed by atoms with Crippen LogP contribution in [0.2, 0.25) is 0 Å². The van der Waals surface area contributed by atoms with E-state index in [9.17, 15) is 8.78 Å². The maximum absolute atomic E-state index is 12.3. The molecule has 6 heteroatoms. The van der Waals surface area contributed by atoms with Gasteiger partial charge in [-0.3, -0.25) is 4.90 Å². The number of likely N-dealkylation sites (tertiary alicyclic amines) is 1. The van der Waals surface area contributed by atoms with Crippen LogP contribution in [0.1, 0.15) is 32.0 Å². The largest absolute Gasteiger partial charge is 0.337 e. The maximum atomic E-state index is 12.3. The van der Waals surface area contributed by atoms with Gasteiger partial charge in [0.1, 0.15) is 0 Å². The monoisotopic (exact) mass is 286 g/mol. The molecule has 1 aromatic heterocycles. The van der Waals surface area contributed by atoms with Crippen LogP contribution < -0.4 is 5.73 Å². The number of aromatic nitrogens is 2. The Morgan fingerprint density at radius 3 is 2.85 bits per heavy atom. The first-order chi connectivity index (χ1) is 9.45. The van der Waals surface area contributed by atoms with Crippen LogP contribution in [0.25, 0.3) is 0 Å². The summed E-state index contributed by atoms with van der Waals surface area (Å²) in [4.78, 5) is 6.19. The summed E-state index contributed by atoms with van der Waals surface area (Å²) in [6.07, 6.45) is 2.52. The van der Waals surface area contributed by atoms with Crippen LogP contribution in [0.4, 0.5) is 8.78 Å². The van der Waals surface area contributed by atoms with Gasteiger partial charge in [0.25, 0.3) is 6.43 Å². The molecule has 0 aromatic carbocycles. The van der Waals surface area contributed by atoms with Crippen molar-refractivity contribution < 1.29 is 8.78 Å². The molecule has 1 aliphatic heterocycles. The lowest BCUT2D eigenvalue weighted by molar-refractivity contribution is 0.0975. The molecule has 0 saturated carbocycles. The van der Waals surface area contributed by atoms with E-state index < -0.39 is 6.43 Å². The third-order valence-electron chi connectivity index (χ3n) is 3.95. The fraction of sp³-hybridized carbons (Fsp3) is 0.786. The summed E-state index contributed by atoms with van der Waals surface area (Å²) in [6, 6.07) is -0.0461. The number of rotatable bonds is 6. The number of nitrogens with two attached hydrogens (primary N) is 1. The minimum atomic E-state index is -2.24. The first-order valence-corrected chi connectivity index (χ1v) is 7.23. The molecule has 0 radical (unpaired) electrons. The van der Waals surface area contributed by atoms with Crippen molar-refractivity contribution in [1.29, 1.82) is 0 Å². The molecule has 2 heterocycles. The average Bonchev–Trinajstić information content (AvgIpc) is 2.98. The van der Waals surface area contributed by atoms with Crippen molar-refractivity contribution in [2.45, 2.75) is 39.3 Å². The zero-order valence-corrected chi connectivity index (χ0v) is 12.2. The summed E-state index contributed by atoms with van der Waals surface area (Å²) in [6.45, 7) is 6.38. The molecule has 0 bridgehead atoms. The highest BCUT2D eigenvalue weighted by Gasteiger charge is 2.25. The van der Waals surface area contributed by atoms with Gasteiger partial charge in [0.2, 0.25) is 0 Å². The summed E-state index contributed by atoms with van der Waals surface area (Å²) in [5.41, 5.74) is 6.97. The fourth-order valence-electron chi connectivity index (χ4n) is 2.71. The van der Waals surface area contributed by atoms with E-state index in [1.807, 2.05) is 15.7 Å². The topological polar surface area (TPSA) is 47.1 Å². The zero-order chi connectivity index (χ0) is 14.7. The van der Waals surface area contributed by atoms with Gasteiger partial charge in [0, 0.05) is 19.3 Å². The number of hydrogen-bond donors (Lipinski definition) is 1. The molecule has 2 N–H and O–H groups in total. The second-order valence-electron chi connectivity index (χ2n) is 6.07. The molecular weight excluding hydrogens is 262 g/mol. The summed E-state index contributed by atoms with van der Waals surface area (Å²) >= 11 is 0. The molecule has 0 aliphatic carbocycles. The molecule has 1 saturated heterocycles. The third kappa shape index (κ3) is 3.99. The summed E-state index contributed by atoms with van der Waals surface area (Å²) in [7, 11) is 0. The predicted molar refractivity (Wildman–Crippen MR) is 74.5 cm³/mol. The molecule has 0 amide bonds. The van der Waals surface area contributed by atoms with E-state index >= 15 is 0 Å². The normalized spacial score (nSPS) is 22.1. The van der Waals surface area contributed by atoms with Crippen molar-refractivity contribution in [3.8, 4) is 0 Å². The Hall–Kier alpha value is -1.01. The Balaban J connectivity index is 1.86. The second kappa shape index (κ2) is 6.63. The fourth-order valence-corrected chi connectivity index (χ4v) is 2.71.